The fourth-order valence-electron chi connectivity index (χ4n) is 1.73. The van der Waals surface area contributed by atoms with Crippen LogP contribution in [-0.2, 0) is 5.60 Å². The largest absolute Gasteiger partial charge is 0.384 e. The highest BCUT2D eigenvalue weighted by Crippen LogP contribution is 2.24. The molecule has 0 saturated heterocycles. The third-order valence-corrected chi connectivity index (χ3v) is 3.09. The molecule has 1 aromatic heterocycles. The lowest BCUT2D eigenvalue weighted by atomic mass is 9.96. The van der Waals surface area contributed by atoms with Gasteiger partial charge in [0.2, 0.25) is 0 Å². The molecule has 1 atom stereocenters. The molecule has 0 aliphatic heterocycles. The second-order valence-electron chi connectivity index (χ2n) is 4.50. The molecule has 20 heavy (non-hydrogen) atoms. The molecule has 1 heterocycles. The maximum atomic E-state index is 10.5. The van der Waals surface area contributed by atoms with Gasteiger partial charge in [-0.05, 0) is 24.6 Å². The molecular formula is C14H13ClN4O. The summed E-state index contributed by atoms with van der Waals surface area (Å²) in [7, 11) is 0. The van der Waals surface area contributed by atoms with Crippen molar-refractivity contribution in [2.24, 2.45) is 0 Å². The van der Waals surface area contributed by atoms with E-state index in [4.69, 9.17) is 16.9 Å². The lowest BCUT2D eigenvalue weighted by Gasteiger charge is -2.24. The van der Waals surface area contributed by atoms with Gasteiger partial charge in [-0.15, -0.1) is 0 Å². The summed E-state index contributed by atoms with van der Waals surface area (Å²) in [5, 5.41) is 22.9. The maximum Gasteiger partial charge on any atom is 0.182 e. The molecule has 0 fully saturated rings. The third kappa shape index (κ3) is 3.23. The Kier molecular flexibility index (Phi) is 4.18. The van der Waals surface area contributed by atoms with Gasteiger partial charge >= 0.3 is 0 Å². The minimum Gasteiger partial charge on any atom is -0.384 e. The second-order valence-corrected chi connectivity index (χ2v) is 4.94. The van der Waals surface area contributed by atoms with E-state index in [-0.39, 0.29) is 12.2 Å². The van der Waals surface area contributed by atoms with Crippen molar-refractivity contribution in [1.82, 2.24) is 9.97 Å². The van der Waals surface area contributed by atoms with Crippen molar-refractivity contribution in [3.05, 3.63) is 52.9 Å². The van der Waals surface area contributed by atoms with E-state index in [0.717, 1.165) is 0 Å². The normalized spacial score (nSPS) is 13.3. The molecule has 0 saturated carbocycles. The Labute approximate surface area is 121 Å². The fraction of sp³-hybridized carbons (Fsp3) is 0.214. The van der Waals surface area contributed by atoms with E-state index in [1.54, 1.807) is 31.2 Å². The van der Waals surface area contributed by atoms with E-state index in [9.17, 15) is 5.11 Å². The maximum absolute atomic E-state index is 10.5. The van der Waals surface area contributed by atoms with Crippen LogP contribution in [0.2, 0.25) is 5.02 Å². The Hall–Kier alpha value is -2.16. The van der Waals surface area contributed by atoms with Gasteiger partial charge in [0.05, 0.1) is 0 Å². The first-order chi connectivity index (χ1) is 9.53. The zero-order chi connectivity index (χ0) is 14.6. The number of benzene rings is 1. The molecule has 1 unspecified atom stereocenters. The first-order valence-corrected chi connectivity index (χ1v) is 6.34. The van der Waals surface area contributed by atoms with E-state index < -0.39 is 5.60 Å². The lowest BCUT2D eigenvalue weighted by molar-refractivity contribution is 0.0714. The summed E-state index contributed by atoms with van der Waals surface area (Å²) in [6, 6.07) is 8.94. The number of aliphatic hydroxyl groups is 1. The van der Waals surface area contributed by atoms with Crippen LogP contribution in [0.15, 0.2) is 36.7 Å². The number of hydrogen-bond acceptors (Lipinski definition) is 5. The van der Waals surface area contributed by atoms with Crippen molar-refractivity contribution in [3.63, 3.8) is 0 Å². The minimum absolute atomic E-state index is 0.181. The summed E-state index contributed by atoms with van der Waals surface area (Å²) >= 11 is 5.92. The predicted molar refractivity (Wildman–Crippen MR) is 76.3 cm³/mol. The van der Waals surface area contributed by atoms with Crippen molar-refractivity contribution < 1.29 is 5.11 Å². The van der Waals surface area contributed by atoms with Crippen LogP contribution in [0.4, 0.5) is 5.82 Å². The monoisotopic (exact) mass is 288 g/mol. The van der Waals surface area contributed by atoms with Gasteiger partial charge in [-0.2, -0.15) is 5.26 Å². The average Bonchev–Trinajstić information content (AvgIpc) is 2.45. The highest BCUT2D eigenvalue weighted by atomic mass is 35.5. The molecule has 2 N–H and O–H groups in total. The van der Waals surface area contributed by atoms with E-state index in [0.29, 0.717) is 16.4 Å². The van der Waals surface area contributed by atoms with Crippen molar-refractivity contribution >= 4 is 17.4 Å². The Morgan fingerprint density at radius 2 is 2.15 bits per heavy atom. The zero-order valence-electron chi connectivity index (χ0n) is 10.8. The summed E-state index contributed by atoms with van der Waals surface area (Å²) in [4.78, 5) is 7.93. The highest BCUT2D eigenvalue weighted by molar-refractivity contribution is 6.30. The molecule has 2 rings (SSSR count). The average molecular weight is 289 g/mol. The van der Waals surface area contributed by atoms with Crippen LogP contribution in [-0.4, -0.2) is 21.6 Å². The van der Waals surface area contributed by atoms with Gasteiger partial charge in [-0.1, -0.05) is 23.7 Å². The molecule has 1 aromatic carbocycles. The molecule has 0 aliphatic carbocycles. The summed E-state index contributed by atoms with van der Waals surface area (Å²) in [6.07, 6.45) is 2.93. The molecule has 102 valence electrons. The van der Waals surface area contributed by atoms with Crippen LogP contribution in [0.5, 0.6) is 0 Å². The van der Waals surface area contributed by atoms with Crippen LogP contribution in [0, 0.1) is 11.3 Å². The second kappa shape index (κ2) is 5.87. The van der Waals surface area contributed by atoms with Gasteiger partial charge in [-0.3, -0.25) is 0 Å². The van der Waals surface area contributed by atoms with Gasteiger partial charge < -0.3 is 10.4 Å². The van der Waals surface area contributed by atoms with Crippen LogP contribution < -0.4 is 5.32 Å². The Morgan fingerprint density at radius 3 is 2.85 bits per heavy atom. The smallest absolute Gasteiger partial charge is 0.182 e. The van der Waals surface area contributed by atoms with Gasteiger partial charge in [0.1, 0.15) is 11.7 Å². The Morgan fingerprint density at radius 1 is 1.40 bits per heavy atom. The topological polar surface area (TPSA) is 81.8 Å². The summed E-state index contributed by atoms with van der Waals surface area (Å²) in [6.45, 7) is 1.84. The number of nitrogens with one attached hydrogen (secondary N) is 1. The fourth-order valence-corrected chi connectivity index (χ4v) is 1.92. The molecular weight excluding hydrogens is 276 g/mol. The molecule has 5 nitrogen and oxygen atoms in total. The van der Waals surface area contributed by atoms with Crippen LogP contribution in [0.3, 0.4) is 0 Å². The molecule has 0 aliphatic rings. The number of hydrogen-bond donors (Lipinski definition) is 2. The quantitative estimate of drug-likeness (QED) is 0.902. The molecule has 0 radical (unpaired) electrons. The highest BCUT2D eigenvalue weighted by Gasteiger charge is 2.23. The lowest BCUT2D eigenvalue weighted by Crippen LogP contribution is -2.31. The SMILES string of the molecule is CC(O)(CNc1nccnc1C#N)c1cccc(Cl)c1. The summed E-state index contributed by atoms with van der Waals surface area (Å²) < 4.78 is 0. The zero-order valence-corrected chi connectivity index (χ0v) is 11.6. The summed E-state index contributed by atoms with van der Waals surface area (Å²) in [5.41, 5.74) is -0.274. The van der Waals surface area contributed by atoms with Crippen molar-refractivity contribution in [3.8, 4) is 6.07 Å². The molecule has 6 heteroatoms. The molecule has 0 bridgehead atoms. The van der Waals surface area contributed by atoms with Gasteiger partial charge in [0.25, 0.3) is 0 Å². The number of halogens is 1. The van der Waals surface area contributed by atoms with E-state index >= 15 is 0 Å². The van der Waals surface area contributed by atoms with Gasteiger partial charge in [0.15, 0.2) is 11.5 Å². The molecule has 2 aromatic rings. The van der Waals surface area contributed by atoms with E-state index in [2.05, 4.69) is 15.3 Å². The Bertz CT molecular complexity index is 652. The van der Waals surface area contributed by atoms with Gasteiger partial charge in [0, 0.05) is 24.0 Å². The predicted octanol–water partition coefficient (Wildman–Crippen LogP) is 2.32. The van der Waals surface area contributed by atoms with E-state index in [1.807, 2.05) is 6.07 Å². The number of rotatable bonds is 4. The van der Waals surface area contributed by atoms with Crippen molar-refractivity contribution in [2.45, 2.75) is 12.5 Å². The number of anilines is 1. The van der Waals surface area contributed by atoms with Gasteiger partial charge in [-0.25, -0.2) is 9.97 Å². The number of nitrogens with zero attached hydrogens (tertiary/aromatic N) is 3. The standard InChI is InChI=1S/C14H13ClN4O/c1-14(20,10-3-2-4-11(15)7-10)9-19-13-12(8-16)17-5-6-18-13/h2-7,20H,9H2,1H3,(H,18,19). The van der Waals surface area contributed by atoms with Crippen LogP contribution in [0.25, 0.3) is 0 Å². The number of aromatic nitrogens is 2. The Balaban J connectivity index is 2.15. The van der Waals surface area contributed by atoms with Crippen LogP contribution >= 0.6 is 11.6 Å². The third-order valence-electron chi connectivity index (χ3n) is 2.85. The first kappa shape index (κ1) is 14.3. The number of nitriles is 1. The molecule has 0 amide bonds. The minimum atomic E-state index is -1.14. The van der Waals surface area contributed by atoms with Crippen molar-refractivity contribution in [1.29, 1.82) is 5.26 Å². The summed E-state index contributed by atoms with van der Waals surface area (Å²) in [5.74, 6) is 0.345. The van der Waals surface area contributed by atoms with Crippen LogP contribution in [0.1, 0.15) is 18.2 Å². The van der Waals surface area contributed by atoms with E-state index in [1.165, 1.54) is 12.4 Å². The first-order valence-electron chi connectivity index (χ1n) is 5.96. The van der Waals surface area contributed by atoms with Crippen molar-refractivity contribution in [2.75, 3.05) is 11.9 Å². The molecule has 0 spiro atoms.